The second kappa shape index (κ2) is 6.43. The predicted molar refractivity (Wildman–Crippen MR) is 82.2 cm³/mol. The zero-order valence-corrected chi connectivity index (χ0v) is 13.3. The maximum Gasteiger partial charge on any atom is 0.345 e. The van der Waals surface area contributed by atoms with Crippen LogP contribution in [0.2, 0.25) is 10.0 Å². The quantitative estimate of drug-likeness (QED) is 0.324. The summed E-state index contributed by atoms with van der Waals surface area (Å²) < 4.78 is 5.67. The van der Waals surface area contributed by atoms with Crippen LogP contribution in [0.3, 0.4) is 0 Å². The zero-order valence-electron chi connectivity index (χ0n) is 10.2. The van der Waals surface area contributed by atoms with E-state index < -0.39 is 10.9 Å². The molecule has 0 radical (unpaired) electrons. The largest absolute Gasteiger partial charge is 0.422 e. The number of ether oxygens (including phenoxy) is 1. The molecule has 0 aliphatic carbocycles. The van der Waals surface area contributed by atoms with E-state index in [4.69, 9.17) is 27.9 Å². The van der Waals surface area contributed by atoms with Gasteiger partial charge in [0.15, 0.2) is 0 Å². The summed E-state index contributed by atoms with van der Waals surface area (Å²) in [5.41, 5.74) is -0.173. The molecule has 108 valence electrons. The van der Waals surface area contributed by atoms with Gasteiger partial charge < -0.3 is 4.74 Å². The fourth-order valence-corrected chi connectivity index (χ4v) is 2.51. The molecule has 0 N–H and O–H groups in total. The van der Waals surface area contributed by atoms with Crippen LogP contribution < -0.4 is 4.74 Å². The fourth-order valence-electron chi connectivity index (χ4n) is 1.50. The van der Waals surface area contributed by atoms with E-state index in [0.717, 1.165) is 6.07 Å². The molecule has 0 aromatic heterocycles. The molecule has 0 aliphatic heterocycles. The Morgan fingerprint density at radius 1 is 1.19 bits per heavy atom. The van der Waals surface area contributed by atoms with E-state index in [1.807, 2.05) is 0 Å². The first-order chi connectivity index (χ1) is 9.88. The first-order valence-corrected chi connectivity index (χ1v) is 7.04. The highest BCUT2D eigenvalue weighted by Crippen LogP contribution is 2.30. The minimum Gasteiger partial charge on any atom is -0.422 e. The van der Waals surface area contributed by atoms with Crippen LogP contribution in [0.5, 0.6) is 5.75 Å². The van der Waals surface area contributed by atoms with Crippen molar-refractivity contribution >= 4 is 50.8 Å². The third-order valence-electron chi connectivity index (χ3n) is 2.48. The molecule has 0 heterocycles. The molecule has 0 saturated heterocycles. The smallest absolute Gasteiger partial charge is 0.345 e. The molecule has 0 fully saturated rings. The highest BCUT2D eigenvalue weighted by Gasteiger charge is 2.17. The minimum atomic E-state index is -0.724. The second-order valence-corrected chi connectivity index (χ2v) is 5.58. The Balaban J connectivity index is 2.26. The number of benzene rings is 2. The Morgan fingerprint density at radius 3 is 2.48 bits per heavy atom. The van der Waals surface area contributed by atoms with Gasteiger partial charge in [0.1, 0.15) is 5.75 Å². The summed E-state index contributed by atoms with van der Waals surface area (Å²) in [5, 5.41) is 11.0. The third-order valence-corrected chi connectivity index (χ3v) is 3.65. The summed E-state index contributed by atoms with van der Waals surface area (Å²) in [7, 11) is 0. The summed E-state index contributed by atoms with van der Waals surface area (Å²) in [5.74, 6) is -0.461. The highest BCUT2D eigenvalue weighted by molar-refractivity contribution is 9.10. The number of rotatable bonds is 3. The van der Waals surface area contributed by atoms with E-state index in [0.29, 0.717) is 9.50 Å². The van der Waals surface area contributed by atoms with Gasteiger partial charge in [-0.05, 0) is 40.2 Å². The van der Waals surface area contributed by atoms with Gasteiger partial charge in [-0.3, -0.25) is 10.1 Å². The van der Waals surface area contributed by atoms with Gasteiger partial charge in [-0.15, -0.1) is 0 Å². The lowest BCUT2D eigenvalue weighted by atomic mass is 10.2. The van der Waals surface area contributed by atoms with E-state index >= 15 is 0 Å². The number of nitrogens with zero attached hydrogens (tertiary/aromatic N) is 1. The molecule has 0 saturated carbocycles. The molecule has 0 amide bonds. The maximum atomic E-state index is 12.0. The van der Waals surface area contributed by atoms with Crippen molar-refractivity contribution in [2.45, 2.75) is 0 Å². The van der Waals surface area contributed by atoms with Crippen molar-refractivity contribution < 1.29 is 14.5 Å². The molecule has 5 nitrogen and oxygen atoms in total. The Labute approximate surface area is 137 Å². The summed E-state index contributed by atoms with van der Waals surface area (Å²) >= 11 is 14.9. The highest BCUT2D eigenvalue weighted by atomic mass is 79.9. The average Bonchev–Trinajstić information content (AvgIpc) is 2.41. The molecule has 8 heteroatoms. The van der Waals surface area contributed by atoms with E-state index in [2.05, 4.69) is 15.9 Å². The first-order valence-electron chi connectivity index (χ1n) is 5.49. The number of carbonyl (C=O) groups is 1. The predicted octanol–water partition coefficient (Wildman–Crippen LogP) is 4.88. The molecule has 2 rings (SSSR count). The van der Waals surface area contributed by atoms with Crippen molar-refractivity contribution in [1.29, 1.82) is 0 Å². The normalized spacial score (nSPS) is 10.2. The molecule has 2 aromatic carbocycles. The van der Waals surface area contributed by atoms with Gasteiger partial charge in [-0.25, -0.2) is 4.79 Å². The second-order valence-electron chi connectivity index (χ2n) is 3.89. The van der Waals surface area contributed by atoms with Gasteiger partial charge in [0.2, 0.25) is 0 Å². The van der Waals surface area contributed by atoms with Crippen LogP contribution >= 0.6 is 39.1 Å². The average molecular weight is 391 g/mol. The maximum absolute atomic E-state index is 12.0. The molecule has 0 bridgehead atoms. The number of non-ortho nitro benzene ring substituents is 1. The molecule has 0 spiro atoms. The van der Waals surface area contributed by atoms with Crippen LogP contribution in [-0.4, -0.2) is 10.9 Å². The van der Waals surface area contributed by atoms with Gasteiger partial charge in [-0.2, -0.15) is 0 Å². The van der Waals surface area contributed by atoms with E-state index in [1.165, 1.54) is 18.2 Å². The number of nitro groups is 1. The number of halogens is 3. The van der Waals surface area contributed by atoms with Gasteiger partial charge >= 0.3 is 5.97 Å². The Morgan fingerprint density at radius 2 is 1.90 bits per heavy atom. The third kappa shape index (κ3) is 3.72. The Kier molecular flexibility index (Phi) is 4.82. The van der Waals surface area contributed by atoms with Crippen molar-refractivity contribution in [1.82, 2.24) is 0 Å². The standard InChI is InChI=1S/C13H6BrCl2NO4/c14-10-5-7(15)1-4-12(10)21-13(18)9-3-2-8(17(19)20)6-11(9)16/h1-6H. The van der Waals surface area contributed by atoms with Crippen molar-refractivity contribution in [2.75, 3.05) is 0 Å². The molecule has 0 aliphatic rings. The van der Waals surface area contributed by atoms with Crippen LogP contribution in [0.25, 0.3) is 0 Å². The van der Waals surface area contributed by atoms with Gasteiger partial charge in [0, 0.05) is 17.2 Å². The topological polar surface area (TPSA) is 69.4 Å². The van der Waals surface area contributed by atoms with Crippen LogP contribution in [-0.2, 0) is 0 Å². The van der Waals surface area contributed by atoms with Crippen molar-refractivity contribution in [3.05, 3.63) is 66.6 Å². The molecular formula is C13H6BrCl2NO4. The lowest BCUT2D eigenvalue weighted by molar-refractivity contribution is -0.384. The first kappa shape index (κ1) is 15.8. The number of esters is 1. The van der Waals surface area contributed by atoms with Crippen molar-refractivity contribution in [2.24, 2.45) is 0 Å². The van der Waals surface area contributed by atoms with E-state index in [1.54, 1.807) is 12.1 Å². The number of nitro benzene ring substituents is 1. The summed E-state index contributed by atoms with van der Waals surface area (Å²) in [4.78, 5) is 22.0. The Hall–Kier alpha value is -1.63. The number of hydrogen-bond acceptors (Lipinski definition) is 4. The van der Waals surface area contributed by atoms with Crippen molar-refractivity contribution in [3.63, 3.8) is 0 Å². The Bertz CT molecular complexity index is 736. The van der Waals surface area contributed by atoms with E-state index in [-0.39, 0.29) is 22.0 Å². The molecular weight excluding hydrogens is 385 g/mol. The van der Waals surface area contributed by atoms with Gasteiger partial charge in [-0.1, -0.05) is 23.2 Å². The number of carbonyl (C=O) groups excluding carboxylic acids is 1. The van der Waals surface area contributed by atoms with Crippen molar-refractivity contribution in [3.8, 4) is 5.75 Å². The van der Waals surface area contributed by atoms with Gasteiger partial charge in [0.05, 0.1) is 20.0 Å². The van der Waals surface area contributed by atoms with Gasteiger partial charge in [0.25, 0.3) is 5.69 Å². The van der Waals surface area contributed by atoms with Crippen LogP contribution in [0.1, 0.15) is 10.4 Å². The number of hydrogen-bond donors (Lipinski definition) is 0. The lowest BCUT2D eigenvalue weighted by Crippen LogP contribution is -2.09. The minimum absolute atomic E-state index is 0.0316. The van der Waals surface area contributed by atoms with E-state index in [9.17, 15) is 14.9 Å². The molecule has 0 unspecified atom stereocenters. The molecule has 2 aromatic rings. The molecule has 21 heavy (non-hydrogen) atoms. The SMILES string of the molecule is O=C(Oc1ccc(Cl)cc1Br)c1ccc([N+](=O)[O-])cc1Cl. The van der Waals surface area contributed by atoms with Crippen LogP contribution in [0.4, 0.5) is 5.69 Å². The summed E-state index contributed by atoms with van der Waals surface area (Å²) in [6, 6.07) is 8.17. The van der Waals surface area contributed by atoms with Crippen LogP contribution in [0, 0.1) is 10.1 Å². The molecule has 0 atom stereocenters. The summed E-state index contributed by atoms with van der Waals surface area (Å²) in [6.45, 7) is 0. The monoisotopic (exact) mass is 389 g/mol. The van der Waals surface area contributed by atoms with Crippen LogP contribution in [0.15, 0.2) is 40.9 Å². The zero-order chi connectivity index (χ0) is 15.6. The lowest BCUT2D eigenvalue weighted by Gasteiger charge is -2.07. The summed E-state index contributed by atoms with van der Waals surface area (Å²) in [6.07, 6.45) is 0. The fraction of sp³-hybridized carbons (Fsp3) is 0.